The van der Waals surface area contributed by atoms with Crippen LogP contribution in [0.1, 0.15) is 5.56 Å². The van der Waals surface area contributed by atoms with E-state index in [-0.39, 0.29) is 5.75 Å². The highest BCUT2D eigenvalue weighted by molar-refractivity contribution is 14.1. The zero-order valence-corrected chi connectivity index (χ0v) is 19.6. The first-order valence-corrected chi connectivity index (χ1v) is 10.4. The Morgan fingerprint density at radius 2 is 1.45 bits per heavy atom. The van der Waals surface area contributed by atoms with E-state index in [4.69, 9.17) is 10.5 Å². The third-order valence-electron chi connectivity index (χ3n) is 2.71. The number of aliphatic hydroxyl groups is 1. The molecule has 0 aliphatic heterocycles. The van der Waals surface area contributed by atoms with Crippen LogP contribution >= 0.6 is 90.4 Å². The second-order valence-electron chi connectivity index (χ2n) is 4.50. The van der Waals surface area contributed by atoms with E-state index in [9.17, 15) is 10.2 Å². The molecule has 4 N–H and O–H groups in total. The van der Waals surface area contributed by atoms with Gasteiger partial charge in [0.25, 0.3) is 0 Å². The molecular weight excluding hydrogens is 738 g/mol. The Kier molecular flexibility index (Phi) is 7.26. The molecule has 0 radical (unpaired) electrons. The molecule has 22 heavy (non-hydrogen) atoms. The Hall–Kier alpha value is 0.880. The van der Waals surface area contributed by atoms with E-state index in [1.807, 2.05) is 12.1 Å². The summed E-state index contributed by atoms with van der Waals surface area (Å²) in [6.07, 6.45) is -0.458. The Balaban J connectivity index is 2.34. The SMILES string of the molecule is NC(O)Cc1cc(I)c(Oc2cc(I)c(O)c(I)c2)c(I)c1. The molecule has 0 saturated heterocycles. The van der Waals surface area contributed by atoms with Crippen molar-refractivity contribution < 1.29 is 14.9 Å². The number of benzene rings is 2. The molecule has 8 heteroatoms. The van der Waals surface area contributed by atoms with Crippen LogP contribution in [-0.2, 0) is 6.42 Å². The Morgan fingerprint density at radius 1 is 0.955 bits per heavy atom. The first-order chi connectivity index (χ1) is 10.3. The molecule has 0 heterocycles. The Labute approximate surface area is 182 Å². The van der Waals surface area contributed by atoms with Crippen molar-refractivity contribution in [1.29, 1.82) is 0 Å². The largest absolute Gasteiger partial charge is 0.506 e. The predicted molar refractivity (Wildman–Crippen MR) is 119 cm³/mol. The molecular formula is C14H11I4NO3. The number of aliphatic hydroxyl groups excluding tert-OH is 1. The second-order valence-corrected chi connectivity index (χ2v) is 9.15. The van der Waals surface area contributed by atoms with Gasteiger partial charge in [-0.05, 0) is 120 Å². The predicted octanol–water partition coefficient (Wildman–Crippen LogP) is 4.42. The van der Waals surface area contributed by atoms with Gasteiger partial charge in [-0.1, -0.05) is 0 Å². The van der Waals surface area contributed by atoms with Crippen LogP contribution in [0.4, 0.5) is 0 Å². The lowest BCUT2D eigenvalue weighted by Gasteiger charge is -2.14. The fraction of sp³-hybridized carbons (Fsp3) is 0.143. The van der Waals surface area contributed by atoms with E-state index in [2.05, 4.69) is 90.4 Å². The van der Waals surface area contributed by atoms with E-state index in [0.717, 1.165) is 25.6 Å². The van der Waals surface area contributed by atoms with Crippen molar-refractivity contribution in [3.63, 3.8) is 0 Å². The summed E-state index contributed by atoms with van der Waals surface area (Å²) >= 11 is 8.56. The van der Waals surface area contributed by atoms with E-state index in [1.165, 1.54) is 0 Å². The number of nitrogens with two attached hydrogens (primary N) is 1. The van der Waals surface area contributed by atoms with Crippen LogP contribution < -0.4 is 10.5 Å². The van der Waals surface area contributed by atoms with Gasteiger partial charge in [0.15, 0.2) is 5.75 Å². The first-order valence-electron chi connectivity index (χ1n) is 6.05. The smallest absolute Gasteiger partial charge is 0.154 e. The molecule has 0 aliphatic carbocycles. The molecule has 4 nitrogen and oxygen atoms in total. The van der Waals surface area contributed by atoms with Crippen LogP contribution in [0.15, 0.2) is 24.3 Å². The van der Waals surface area contributed by atoms with E-state index >= 15 is 0 Å². The Bertz CT molecular complexity index is 660. The van der Waals surface area contributed by atoms with Crippen LogP contribution in [0.25, 0.3) is 0 Å². The normalized spacial score (nSPS) is 12.3. The van der Waals surface area contributed by atoms with Crippen molar-refractivity contribution in [2.45, 2.75) is 12.6 Å². The molecule has 118 valence electrons. The maximum Gasteiger partial charge on any atom is 0.154 e. The number of ether oxygens (including phenoxy) is 1. The summed E-state index contributed by atoms with van der Waals surface area (Å²) in [5.41, 5.74) is 6.39. The fourth-order valence-electron chi connectivity index (χ4n) is 1.79. The molecule has 0 saturated carbocycles. The van der Waals surface area contributed by atoms with Gasteiger partial charge in [-0.3, -0.25) is 0 Å². The summed E-state index contributed by atoms with van der Waals surface area (Å²) in [7, 11) is 0. The van der Waals surface area contributed by atoms with Crippen LogP contribution in [0.5, 0.6) is 17.2 Å². The van der Waals surface area contributed by atoms with Gasteiger partial charge in [0.05, 0.1) is 14.3 Å². The molecule has 0 amide bonds. The third-order valence-corrected chi connectivity index (χ3v) is 5.96. The van der Waals surface area contributed by atoms with Gasteiger partial charge < -0.3 is 20.7 Å². The summed E-state index contributed by atoms with van der Waals surface area (Å²) in [6, 6.07) is 7.48. The van der Waals surface area contributed by atoms with Gasteiger partial charge >= 0.3 is 0 Å². The van der Waals surface area contributed by atoms with Crippen LogP contribution in [0.2, 0.25) is 0 Å². The molecule has 0 spiro atoms. The van der Waals surface area contributed by atoms with E-state index in [0.29, 0.717) is 12.2 Å². The summed E-state index contributed by atoms with van der Waals surface area (Å²) in [6.45, 7) is 0. The Morgan fingerprint density at radius 3 is 1.91 bits per heavy atom. The van der Waals surface area contributed by atoms with Gasteiger partial charge in [0.2, 0.25) is 0 Å². The number of aromatic hydroxyl groups is 1. The fourth-order valence-corrected chi connectivity index (χ4v) is 5.62. The molecule has 2 aromatic rings. The van der Waals surface area contributed by atoms with Crippen LogP contribution in [-0.4, -0.2) is 16.4 Å². The number of hydrogen-bond acceptors (Lipinski definition) is 4. The second kappa shape index (κ2) is 8.31. The maximum atomic E-state index is 9.82. The lowest BCUT2D eigenvalue weighted by atomic mass is 10.1. The summed E-state index contributed by atoms with van der Waals surface area (Å²) in [4.78, 5) is 0. The monoisotopic (exact) mass is 749 g/mol. The summed E-state index contributed by atoms with van der Waals surface area (Å²) < 4.78 is 9.36. The highest BCUT2D eigenvalue weighted by Gasteiger charge is 2.13. The molecule has 1 unspecified atom stereocenters. The molecule has 0 aromatic heterocycles. The van der Waals surface area contributed by atoms with Gasteiger partial charge in [0, 0.05) is 6.42 Å². The minimum Gasteiger partial charge on any atom is -0.506 e. The van der Waals surface area contributed by atoms with E-state index in [1.54, 1.807) is 12.1 Å². The van der Waals surface area contributed by atoms with Gasteiger partial charge in [-0.25, -0.2) is 0 Å². The number of halogens is 4. The quantitative estimate of drug-likeness (QED) is 0.320. The number of phenolic OH excluding ortho intramolecular Hbond substituents is 1. The molecule has 0 fully saturated rings. The minimum atomic E-state index is -0.862. The zero-order chi connectivity index (χ0) is 16.4. The molecule has 0 aliphatic rings. The average Bonchev–Trinajstić information content (AvgIpc) is 2.39. The van der Waals surface area contributed by atoms with Gasteiger partial charge in [0.1, 0.15) is 17.7 Å². The topological polar surface area (TPSA) is 75.7 Å². The first kappa shape index (κ1) is 19.2. The van der Waals surface area contributed by atoms with Crippen LogP contribution in [0, 0.1) is 14.3 Å². The molecule has 2 rings (SSSR count). The van der Waals surface area contributed by atoms with Crippen LogP contribution in [0.3, 0.4) is 0 Å². The highest BCUT2D eigenvalue weighted by atomic mass is 127. The number of rotatable bonds is 4. The lowest BCUT2D eigenvalue weighted by Crippen LogP contribution is -2.21. The highest BCUT2D eigenvalue weighted by Crippen LogP contribution is 2.36. The van der Waals surface area contributed by atoms with Crippen molar-refractivity contribution in [3.8, 4) is 17.2 Å². The standard InChI is InChI=1S/C14H11I4NO3/c15-8-4-7(5-9(16)13(8)21)22-14-10(17)1-6(2-11(14)18)3-12(19)20/h1-2,4-5,12,20-21H,3,19H2. The van der Waals surface area contributed by atoms with Crippen molar-refractivity contribution in [2.75, 3.05) is 0 Å². The summed E-state index contributed by atoms with van der Waals surface area (Å²) in [5.74, 6) is 1.70. The lowest BCUT2D eigenvalue weighted by molar-refractivity contribution is 0.183. The van der Waals surface area contributed by atoms with Gasteiger partial charge in [-0.15, -0.1) is 0 Å². The van der Waals surface area contributed by atoms with Gasteiger partial charge in [-0.2, -0.15) is 0 Å². The van der Waals surface area contributed by atoms with Crippen molar-refractivity contribution in [2.24, 2.45) is 5.73 Å². The minimum absolute atomic E-state index is 0.269. The molecule has 2 aromatic carbocycles. The number of hydrogen-bond donors (Lipinski definition) is 3. The maximum absolute atomic E-state index is 9.82. The van der Waals surface area contributed by atoms with E-state index < -0.39 is 6.23 Å². The van der Waals surface area contributed by atoms with Crippen molar-refractivity contribution in [1.82, 2.24) is 0 Å². The number of phenols is 1. The zero-order valence-electron chi connectivity index (χ0n) is 11.0. The van der Waals surface area contributed by atoms with Crippen molar-refractivity contribution in [3.05, 3.63) is 44.1 Å². The average molecular weight is 749 g/mol. The third kappa shape index (κ3) is 4.94. The summed E-state index contributed by atoms with van der Waals surface area (Å²) in [5, 5.41) is 19.1. The molecule has 0 bridgehead atoms. The molecule has 1 atom stereocenters. The van der Waals surface area contributed by atoms with Crippen molar-refractivity contribution >= 4 is 90.4 Å².